The van der Waals surface area contributed by atoms with Gasteiger partial charge in [-0.3, -0.25) is 0 Å². The number of rotatable bonds is 6. The van der Waals surface area contributed by atoms with Gasteiger partial charge in [-0.25, -0.2) is 14.5 Å². The molecule has 4 rings (SSSR count). The lowest BCUT2D eigenvalue weighted by Gasteiger charge is -2.21. The molecule has 0 radical (unpaired) electrons. The standard InChI is InChI=1S/C18H23N5O/c1-12(15-3-2-4-16(9-15)23-11-19-10-20-23)21-18(24)22-17(13-5-6-13)14-7-8-14/h2-4,9-14,17H,5-8H2,1H3,(H2,21,22,24)/t12-/m1/s1. The number of nitrogens with zero attached hydrogens (tertiary/aromatic N) is 3. The van der Waals surface area contributed by atoms with Crippen molar-refractivity contribution in [3.8, 4) is 5.69 Å². The summed E-state index contributed by atoms with van der Waals surface area (Å²) >= 11 is 0. The van der Waals surface area contributed by atoms with Gasteiger partial charge in [0.1, 0.15) is 12.7 Å². The van der Waals surface area contributed by atoms with Gasteiger partial charge in [-0.2, -0.15) is 5.10 Å². The Morgan fingerprint density at radius 3 is 2.58 bits per heavy atom. The van der Waals surface area contributed by atoms with Gasteiger partial charge in [0.25, 0.3) is 0 Å². The van der Waals surface area contributed by atoms with Crippen molar-refractivity contribution in [2.45, 2.75) is 44.7 Å². The Balaban J connectivity index is 1.39. The third-order valence-electron chi connectivity index (χ3n) is 4.96. The lowest BCUT2D eigenvalue weighted by atomic mass is 10.1. The van der Waals surface area contributed by atoms with E-state index in [4.69, 9.17) is 0 Å². The second-order valence-electron chi connectivity index (χ2n) is 6.98. The van der Waals surface area contributed by atoms with Gasteiger partial charge < -0.3 is 10.6 Å². The van der Waals surface area contributed by atoms with Crippen LogP contribution in [-0.4, -0.2) is 26.8 Å². The molecule has 6 nitrogen and oxygen atoms in total. The fourth-order valence-corrected chi connectivity index (χ4v) is 3.28. The monoisotopic (exact) mass is 325 g/mol. The molecule has 1 heterocycles. The molecule has 2 saturated carbocycles. The average Bonchev–Trinajstić information content (AvgIpc) is 3.52. The van der Waals surface area contributed by atoms with E-state index >= 15 is 0 Å². The second kappa shape index (κ2) is 6.26. The number of urea groups is 1. The van der Waals surface area contributed by atoms with Gasteiger partial charge in [0.2, 0.25) is 0 Å². The Labute approximate surface area is 141 Å². The van der Waals surface area contributed by atoms with Crippen molar-refractivity contribution < 1.29 is 4.79 Å². The van der Waals surface area contributed by atoms with E-state index in [-0.39, 0.29) is 12.1 Å². The van der Waals surface area contributed by atoms with Crippen LogP contribution >= 0.6 is 0 Å². The van der Waals surface area contributed by atoms with Gasteiger partial charge in [-0.15, -0.1) is 0 Å². The minimum Gasteiger partial charge on any atom is -0.335 e. The van der Waals surface area contributed by atoms with Gasteiger partial charge in [-0.05, 0) is 62.1 Å². The van der Waals surface area contributed by atoms with Crippen LogP contribution in [0.15, 0.2) is 36.9 Å². The molecule has 0 unspecified atom stereocenters. The van der Waals surface area contributed by atoms with Crippen molar-refractivity contribution in [1.29, 1.82) is 0 Å². The van der Waals surface area contributed by atoms with Crippen molar-refractivity contribution >= 4 is 6.03 Å². The van der Waals surface area contributed by atoms with E-state index in [0.29, 0.717) is 17.9 Å². The fraction of sp³-hybridized carbons (Fsp3) is 0.500. The largest absolute Gasteiger partial charge is 0.335 e. The number of carbonyl (C=O) groups is 1. The summed E-state index contributed by atoms with van der Waals surface area (Å²) in [5.74, 6) is 1.41. The van der Waals surface area contributed by atoms with Crippen LogP contribution in [0.4, 0.5) is 4.79 Å². The van der Waals surface area contributed by atoms with Crippen LogP contribution < -0.4 is 10.6 Å². The normalized spacial score (nSPS) is 18.4. The Bertz CT molecular complexity index is 694. The fourth-order valence-electron chi connectivity index (χ4n) is 3.28. The summed E-state index contributed by atoms with van der Waals surface area (Å²) in [4.78, 5) is 16.3. The van der Waals surface area contributed by atoms with E-state index in [0.717, 1.165) is 11.3 Å². The molecule has 2 aliphatic rings. The second-order valence-corrected chi connectivity index (χ2v) is 6.98. The quantitative estimate of drug-likeness (QED) is 0.858. The topological polar surface area (TPSA) is 71.8 Å². The molecule has 126 valence electrons. The number of benzene rings is 1. The van der Waals surface area contributed by atoms with Crippen LogP contribution in [-0.2, 0) is 0 Å². The Kier molecular flexibility index (Phi) is 3.96. The zero-order valence-electron chi connectivity index (χ0n) is 13.9. The van der Waals surface area contributed by atoms with E-state index in [9.17, 15) is 4.79 Å². The summed E-state index contributed by atoms with van der Waals surface area (Å²) in [5.41, 5.74) is 1.99. The lowest BCUT2D eigenvalue weighted by molar-refractivity contribution is 0.230. The number of carbonyl (C=O) groups excluding carboxylic acids is 1. The van der Waals surface area contributed by atoms with E-state index in [2.05, 4.69) is 20.7 Å². The first-order valence-electron chi connectivity index (χ1n) is 8.72. The maximum atomic E-state index is 12.4. The minimum absolute atomic E-state index is 0.0579. The highest BCUT2D eigenvalue weighted by atomic mass is 16.2. The van der Waals surface area contributed by atoms with Gasteiger partial charge in [0, 0.05) is 6.04 Å². The number of hydrogen-bond acceptors (Lipinski definition) is 3. The predicted molar refractivity (Wildman–Crippen MR) is 90.7 cm³/mol. The first kappa shape index (κ1) is 15.2. The zero-order chi connectivity index (χ0) is 16.5. The summed E-state index contributed by atoms with van der Waals surface area (Å²) in [6.07, 6.45) is 8.22. The molecular formula is C18H23N5O. The molecule has 2 fully saturated rings. The molecule has 6 heteroatoms. The maximum Gasteiger partial charge on any atom is 0.315 e. The van der Waals surface area contributed by atoms with Crippen LogP contribution in [0.5, 0.6) is 0 Å². The number of hydrogen-bond donors (Lipinski definition) is 2. The number of amides is 2. The molecule has 2 amide bonds. The minimum atomic E-state index is -0.0625. The molecule has 1 aromatic carbocycles. The van der Waals surface area contributed by atoms with E-state index in [1.165, 1.54) is 32.0 Å². The molecule has 2 N–H and O–H groups in total. The van der Waals surface area contributed by atoms with Crippen LogP contribution in [0.2, 0.25) is 0 Å². The third kappa shape index (κ3) is 3.42. The van der Waals surface area contributed by atoms with Gasteiger partial charge >= 0.3 is 6.03 Å². The van der Waals surface area contributed by atoms with E-state index in [1.54, 1.807) is 11.0 Å². The lowest BCUT2D eigenvalue weighted by Crippen LogP contribution is -2.45. The van der Waals surface area contributed by atoms with Crippen molar-refractivity contribution in [2.24, 2.45) is 11.8 Å². The molecular weight excluding hydrogens is 302 g/mol. The maximum absolute atomic E-state index is 12.4. The summed E-state index contributed by atoms with van der Waals surface area (Å²) in [5, 5.41) is 10.4. The Morgan fingerprint density at radius 2 is 1.96 bits per heavy atom. The van der Waals surface area contributed by atoms with Gasteiger partial charge in [-0.1, -0.05) is 12.1 Å². The summed E-state index contributed by atoms with van der Waals surface area (Å²) in [7, 11) is 0. The molecule has 1 aromatic heterocycles. The SMILES string of the molecule is C[C@@H](NC(=O)NC(C1CC1)C1CC1)c1cccc(-n2cncn2)c1. The van der Waals surface area contributed by atoms with E-state index in [1.807, 2.05) is 31.2 Å². The first-order valence-corrected chi connectivity index (χ1v) is 8.72. The van der Waals surface area contributed by atoms with Crippen LogP contribution in [0.25, 0.3) is 5.69 Å². The van der Waals surface area contributed by atoms with E-state index < -0.39 is 0 Å². The molecule has 0 bridgehead atoms. The zero-order valence-corrected chi connectivity index (χ0v) is 13.9. The smallest absolute Gasteiger partial charge is 0.315 e. The molecule has 2 aromatic rings. The molecule has 1 atom stereocenters. The van der Waals surface area contributed by atoms with Crippen LogP contribution in [0.3, 0.4) is 0 Å². The highest BCUT2D eigenvalue weighted by molar-refractivity contribution is 5.75. The predicted octanol–water partition coefficient (Wildman–Crippen LogP) is 2.82. The Hall–Kier alpha value is -2.37. The highest BCUT2D eigenvalue weighted by Crippen LogP contribution is 2.44. The molecule has 24 heavy (non-hydrogen) atoms. The molecule has 2 aliphatic carbocycles. The molecule has 0 aliphatic heterocycles. The summed E-state index contributed by atoms with van der Waals surface area (Å²) < 4.78 is 1.71. The molecule has 0 saturated heterocycles. The number of aromatic nitrogens is 3. The average molecular weight is 325 g/mol. The van der Waals surface area contributed by atoms with Gasteiger partial charge in [0.05, 0.1) is 11.7 Å². The van der Waals surface area contributed by atoms with Crippen molar-refractivity contribution in [3.63, 3.8) is 0 Å². The molecule has 0 spiro atoms. The Morgan fingerprint density at radius 1 is 1.21 bits per heavy atom. The summed E-state index contributed by atoms with van der Waals surface area (Å²) in [6, 6.07) is 8.24. The summed E-state index contributed by atoms with van der Waals surface area (Å²) in [6.45, 7) is 2.00. The van der Waals surface area contributed by atoms with Crippen molar-refractivity contribution in [2.75, 3.05) is 0 Å². The van der Waals surface area contributed by atoms with Gasteiger partial charge in [0.15, 0.2) is 0 Å². The van der Waals surface area contributed by atoms with Crippen LogP contribution in [0.1, 0.15) is 44.2 Å². The van der Waals surface area contributed by atoms with Crippen molar-refractivity contribution in [1.82, 2.24) is 25.4 Å². The highest BCUT2D eigenvalue weighted by Gasteiger charge is 2.42. The van der Waals surface area contributed by atoms with Crippen LogP contribution in [0, 0.1) is 11.8 Å². The van der Waals surface area contributed by atoms with Crippen molar-refractivity contribution in [3.05, 3.63) is 42.5 Å². The third-order valence-corrected chi connectivity index (χ3v) is 4.96. The number of nitrogens with one attached hydrogen (secondary N) is 2. The first-order chi connectivity index (χ1) is 11.7.